The molecule has 0 spiro atoms. The molecule has 1 aromatic carbocycles. The quantitative estimate of drug-likeness (QED) is 0.766. The summed E-state index contributed by atoms with van der Waals surface area (Å²) in [6.45, 7) is -3.49. The second-order valence-electron chi connectivity index (χ2n) is 4.41. The van der Waals surface area contributed by atoms with E-state index in [1.807, 2.05) is 6.07 Å². The van der Waals surface area contributed by atoms with Crippen LogP contribution in [0.25, 0.3) is 11.4 Å². The summed E-state index contributed by atoms with van der Waals surface area (Å²) in [6, 6.07) is 4.95. The summed E-state index contributed by atoms with van der Waals surface area (Å²) in [6.07, 6.45) is -0.431. The summed E-state index contributed by atoms with van der Waals surface area (Å²) in [7, 11) is 0. The van der Waals surface area contributed by atoms with Crippen molar-refractivity contribution in [2.45, 2.75) is 12.6 Å². The number of hydrogen-bond acceptors (Lipinski definition) is 5. The first-order valence-corrected chi connectivity index (χ1v) is 6.30. The summed E-state index contributed by atoms with van der Waals surface area (Å²) in [5.41, 5.74) is 0.428. The lowest BCUT2D eigenvalue weighted by molar-refractivity contribution is 0.0582. The van der Waals surface area contributed by atoms with Gasteiger partial charge in [0.05, 0.1) is 24.3 Å². The van der Waals surface area contributed by atoms with E-state index in [2.05, 4.69) is 15.4 Å². The van der Waals surface area contributed by atoms with Crippen molar-refractivity contribution < 1.29 is 23.8 Å². The van der Waals surface area contributed by atoms with Crippen LogP contribution in [-0.2, 0) is 0 Å². The maximum atomic E-state index is 12.9. The predicted octanol–water partition coefficient (Wildman–Crippen LogP) is 1.51. The number of amides is 1. The molecule has 0 radical (unpaired) electrons. The van der Waals surface area contributed by atoms with Crippen LogP contribution in [0, 0.1) is 11.3 Å². The standard InChI is InChI=1S/C13H11F2N5O3/c14-12(15)20-11(17-6-18-20)9-3-7(1-2-8(9)4-16)10(5-21)19-13(22)23/h1-3,6,10,12,19,21H,5H2,(H,22,23)/t10-/m1/s1. The molecular weight excluding hydrogens is 312 g/mol. The van der Waals surface area contributed by atoms with Crippen molar-refractivity contribution in [3.63, 3.8) is 0 Å². The van der Waals surface area contributed by atoms with Crippen LogP contribution in [0.5, 0.6) is 0 Å². The van der Waals surface area contributed by atoms with Crippen LogP contribution in [0.15, 0.2) is 24.5 Å². The number of aliphatic hydroxyl groups is 1. The molecule has 0 saturated carbocycles. The van der Waals surface area contributed by atoms with Crippen LogP contribution in [-0.4, -0.2) is 37.7 Å². The number of nitrogens with zero attached hydrogens (tertiary/aromatic N) is 4. The molecule has 0 bridgehead atoms. The van der Waals surface area contributed by atoms with E-state index >= 15 is 0 Å². The van der Waals surface area contributed by atoms with Crippen molar-refractivity contribution in [2.75, 3.05) is 6.61 Å². The number of rotatable bonds is 5. The number of hydrogen-bond donors (Lipinski definition) is 3. The van der Waals surface area contributed by atoms with Crippen LogP contribution >= 0.6 is 0 Å². The Morgan fingerprint density at radius 1 is 1.48 bits per heavy atom. The molecule has 1 aromatic heterocycles. The van der Waals surface area contributed by atoms with Crippen molar-refractivity contribution >= 4 is 6.09 Å². The number of nitrogens with one attached hydrogen (secondary N) is 1. The van der Waals surface area contributed by atoms with E-state index < -0.39 is 25.3 Å². The summed E-state index contributed by atoms with van der Waals surface area (Å²) in [4.78, 5) is 14.4. The number of carbonyl (C=O) groups is 1. The highest BCUT2D eigenvalue weighted by atomic mass is 19.3. The Balaban J connectivity index is 2.54. The Bertz CT molecular complexity index is 756. The number of halogens is 2. The molecule has 0 aliphatic heterocycles. The number of alkyl halides is 2. The molecule has 23 heavy (non-hydrogen) atoms. The van der Waals surface area contributed by atoms with Gasteiger partial charge in [0.15, 0.2) is 5.82 Å². The van der Waals surface area contributed by atoms with Crippen molar-refractivity contribution in [3.05, 3.63) is 35.7 Å². The van der Waals surface area contributed by atoms with Gasteiger partial charge >= 0.3 is 12.6 Å². The Kier molecular flexibility index (Phi) is 4.82. The van der Waals surface area contributed by atoms with Crippen molar-refractivity contribution in [3.8, 4) is 17.5 Å². The molecule has 2 aromatic rings. The lowest BCUT2D eigenvalue weighted by atomic mass is 10.00. The maximum absolute atomic E-state index is 12.9. The van der Waals surface area contributed by atoms with Crippen molar-refractivity contribution in [1.29, 1.82) is 5.26 Å². The van der Waals surface area contributed by atoms with E-state index in [1.165, 1.54) is 18.2 Å². The first kappa shape index (κ1) is 16.3. The zero-order chi connectivity index (χ0) is 17.0. The molecular formula is C13H11F2N5O3. The van der Waals surface area contributed by atoms with Gasteiger partial charge in [-0.05, 0) is 17.7 Å². The lowest BCUT2D eigenvalue weighted by Gasteiger charge is -2.16. The van der Waals surface area contributed by atoms with Gasteiger partial charge in [0.1, 0.15) is 6.33 Å². The van der Waals surface area contributed by atoms with Crippen LogP contribution < -0.4 is 5.32 Å². The molecule has 120 valence electrons. The van der Waals surface area contributed by atoms with E-state index in [1.54, 1.807) is 0 Å². The minimum absolute atomic E-state index is 0.0634. The summed E-state index contributed by atoms with van der Waals surface area (Å²) >= 11 is 0. The minimum Gasteiger partial charge on any atom is -0.465 e. The molecule has 0 aliphatic rings. The van der Waals surface area contributed by atoms with Gasteiger partial charge in [0, 0.05) is 5.56 Å². The van der Waals surface area contributed by atoms with E-state index in [4.69, 9.17) is 10.4 Å². The Morgan fingerprint density at radius 3 is 2.78 bits per heavy atom. The van der Waals surface area contributed by atoms with E-state index in [-0.39, 0.29) is 17.0 Å². The Morgan fingerprint density at radius 2 is 2.22 bits per heavy atom. The normalized spacial score (nSPS) is 12.0. The fourth-order valence-electron chi connectivity index (χ4n) is 2.03. The van der Waals surface area contributed by atoms with Gasteiger partial charge in [-0.25, -0.2) is 9.78 Å². The van der Waals surface area contributed by atoms with E-state index in [9.17, 15) is 18.7 Å². The zero-order valence-corrected chi connectivity index (χ0v) is 11.5. The first-order valence-electron chi connectivity index (χ1n) is 6.30. The fourth-order valence-corrected chi connectivity index (χ4v) is 2.03. The zero-order valence-electron chi connectivity index (χ0n) is 11.5. The molecule has 0 saturated heterocycles. The highest BCUT2D eigenvalue weighted by Crippen LogP contribution is 2.27. The molecule has 1 heterocycles. The molecule has 3 N–H and O–H groups in total. The number of carboxylic acid groups (broad SMARTS) is 1. The molecule has 10 heteroatoms. The van der Waals surface area contributed by atoms with Gasteiger partial charge in [-0.1, -0.05) is 6.07 Å². The molecule has 8 nitrogen and oxygen atoms in total. The van der Waals surface area contributed by atoms with E-state index in [0.717, 1.165) is 6.33 Å². The number of aromatic nitrogens is 3. The Hall–Kier alpha value is -3.06. The third-order valence-corrected chi connectivity index (χ3v) is 3.05. The number of benzene rings is 1. The monoisotopic (exact) mass is 323 g/mol. The molecule has 0 aliphatic carbocycles. The summed E-state index contributed by atoms with van der Waals surface area (Å²) < 4.78 is 26.2. The average molecular weight is 323 g/mol. The smallest absolute Gasteiger partial charge is 0.405 e. The number of nitriles is 1. The largest absolute Gasteiger partial charge is 0.465 e. The van der Waals surface area contributed by atoms with Crippen molar-refractivity contribution in [2.24, 2.45) is 0 Å². The second-order valence-corrected chi connectivity index (χ2v) is 4.41. The fraction of sp³-hybridized carbons (Fsp3) is 0.231. The van der Waals surface area contributed by atoms with E-state index in [0.29, 0.717) is 10.2 Å². The average Bonchev–Trinajstić information content (AvgIpc) is 3.01. The van der Waals surface area contributed by atoms with Crippen LogP contribution in [0.3, 0.4) is 0 Å². The second kappa shape index (κ2) is 6.80. The maximum Gasteiger partial charge on any atom is 0.405 e. The molecule has 1 amide bonds. The van der Waals surface area contributed by atoms with Gasteiger partial charge in [-0.15, -0.1) is 0 Å². The van der Waals surface area contributed by atoms with Gasteiger partial charge in [0.25, 0.3) is 0 Å². The van der Waals surface area contributed by atoms with Crippen molar-refractivity contribution in [1.82, 2.24) is 20.1 Å². The lowest BCUT2D eigenvalue weighted by Crippen LogP contribution is -2.29. The first-order chi connectivity index (χ1) is 11.0. The molecule has 0 unspecified atom stereocenters. The topological polar surface area (TPSA) is 124 Å². The molecule has 2 rings (SSSR count). The highest BCUT2D eigenvalue weighted by Gasteiger charge is 2.20. The predicted molar refractivity (Wildman–Crippen MR) is 72.4 cm³/mol. The van der Waals surface area contributed by atoms with Crippen LogP contribution in [0.4, 0.5) is 13.6 Å². The minimum atomic E-state index is -2.95. The van der Waals surface area contributed by atoms with Gasteiger partial charge in [-0.2, -0.15) is 23.8 Å². The molecule has 0 fully saturated rings. The summed E-state index contributed by atoms with van der Waals surface area (Å²) in [5.74, 6) is -0.231. The van der Waals surface area contributed by atoms with Gasteiger partial charge < -0.3 is 15.5 Å². The third-order valence-electron chi connectivity index (χ3n) is 3.05. The van der Waals surface area contributed by atoms with Crippen LogP contribution in [0.1, 0.15) is 23.7 Å². The third kappa shape index (κ3) is 3.41. The van der Waals surface area contributed by atoms with Crippen LogP contribution in [0.2, 0.25) is 0 Å². The SMILES string of the molecule is N#Cc1ccc([C@@H](CO)NC(=O)O)cc1-c1ncnn1C(F)F. The molecule has 1 atom stereocenters. The Labute approximate surface area is 128 Å². The van der Waals surface area contributed by atoms with Gasteiger partial charge in [0.2, 0.25) is 0 Å². The van der Waals surface area contributed by atoms with Gasteiger partial charge in [-0.3, -0.25) is 0 Å². The number of aliphatic hydroxyl groups excluding tert-OH is 1. The highest BCUT2D eigenvalue weighted by molar-refractivity contribution is 5.68. The summed E-state index contributed by atoms with van der Waals surface area (Å²) in [5, 5.41) is 32.6.